The van der Waals surface area contributed by atoms with Gasteiger partial charge in [-0.2, -0.15) is 0 Å². The van der Waals surface area contributed by atoms with E-state index in [9.17, 15) is 4.79 Å². The normalized spacial score (nSPS) is 12.1. The molecule has 3 nitrogen and oxygen atoms in total. The van der Waals surface area contributed by atoms with Gasteiger partial charge in [0.25, 0.3) is 0 Å². The molecule has 1 unspecified atom stereocenters. The summed E-state index contributed by atoms with van der Waals surface area (Å²) in [6.07, 6.45) is 5.30. The Hall–Kier alpha value is -6.19. The predicted molar refractivity (Wildman–Crippen MR) is 251 cm³/mol. The molecule has 302 valence electrons. The lowest BCUT2D eigenvalue weighted by molar-refractivity contribution is 0.103. The van der Waals surface area contributed by atoms with Gasteiger partial charge < -0.3 is 9.64 Å². The molecule has 0 heterocycles. The van der Waals surface area contributed by atoms with Crippen LogP contribution in [0, 0.1) is 27.7 Å². The van der Waals surface area contributed by atoms with Crippen molar-refractivity contribution in [3.05, 3.63) is 226 Å². The maximum atomic E-state index is 12.1. The first-order valence-electron chi connectivity index (χ1n) is 21.0. The molecule has 59 heavy (non-hydrogen) atoms. The van der Waals surface area contributed by atoms with E-state index in [1.807, 2.05) is 86.6 Å². The minimum atomic E-state index is 0.0833. The average Bonchev–Trinajstić information content (AvgIpc) is 3.26. The van der Waals surface area contributed by atoms with Gasteiger partial charge in [-0.3, -0.25) is 4.79 Å². The summed E-state index contributed by atoms with van der Waals surface area (Å²) in [5.41, 5.74) is 12.9. The second kappa shape index (κ2) is 22.7. The van der Waals surface area contributed by atoms with E-state index < -0.39 is 0 Å². The average molecular weight is 780 g/mol. The Morgan fingerprint density at radius 1 is 0.542 bits per heavy atom. The van der Waals surface area contributed by atoms with Gasteiger partial charge in [0.15, 0.2) is 5.78 Å². The summed E-state index contributed by atoms with van der Waals surface area (Å²) in [5, 5.41) is 0. The molecule has 1 fully saturated rings. The molecule has 0 N–H and O–H groups in total. The van der Waals surface area contributed by atoms with E-state index in [4.69, 9.17) is 4.74 Å². The van der Waals surface area contributed by atoms with Crippen LogP contribution in [0.4, 0.5) is 17.1 Å². The van der Waals surface area contributed by atoms with E-state index >= 15 is 0 Å². The summed E-state index contributed by atoms with van der Waals surface area (Å²) in [4.78, 5) is 14.4. The van der Waals surface area contributed by atoms with Crippen LogP contribution >= 0.6 is 0 Å². The van der Waals surface area contributed by atoms with Crippen molar-refractivity contribution in [3.63, 3.8) is 0 Å². The lowest BCUT2D eigenvalue weighted by atomic mass is 9.80. The van der Waals surface area contributed by atoms with Crippen LogP contribution in [-0.2, 0) is 0 Å². The molecule has 3 heteroatoms. The molecule has 0 saturated heterocycles. The highest BCUT2D eigenvalue weighted by Gasteiger charge is 2.20. The van der Waals surface area contributed by atoms with Crippen molar-refractivity contribution in [1.82, 2.24) is 0 Å². The third kappa shape index (κ3) is 13.4. The van der Waals surface area contributed by atoms with Crippen LogP contribution in [0.1, 0.15) is 101 Å². The van der Waals surface area contributed by atoms with Gasteiger partial charge in [-0.15, -0.1) is 0 Å². The number of para-hydroxylation sites is 1. The molecule has 8 rings (SSSR count). The van der Waals surface area contributed by atoms with Crippen molar-refractivity contribution in [2.75, 3.05) is 12.0 Å². The van der Waals surface area contributed by atoms with Crippen LogP contribution in [0.3, 0.4) is 0 Å². The number of ether oxygens (including phenoxy) is 1. The van der Waals surface area contributed by atoms with E-state index in [1.54, 1.807) is 7.11 Å². The highest BCUT2D eigenvalue weighted by molar-refractivity contribution is 6.09. The predicted octanol–water partition coefficient (Wildman–Crippen LogP) is 15.5. The van der Waals surface area contributed by atoms with Crippen molar-refractivity contribution in [2.24, 2.45) is 0 Å². The molecule has 0 amide bonds. The molecule has 0 spiro atoms. The first-order valence-corrected chi connectivity index (χ1v) is 21.0. The number of hydrogen-bond donors (Lipinski definition) is 0. The molecule has 0 aliphatic heterocycles. The minimum Gasteiger partial charge on any atom is -0.497 e. The molecular formula is C56H61NO2. The maximum absolute atomic E-state index is 12.1. The van der Waals surface area contributed by atoms with Crippen LogP contribution in [0.5, 0.6) is 5.75 Å². The molecule has 0 bridgehead atoms. The third-order valence-electron chi connectivity index (χ3n) is 10.9. The van der Waals surface area contributed by atoms with Gasteiger partial charge in [0, 0.05) is 28.2 Å². The Kier molecular flexibility index (Phi) is 16.9. The molecule has 7 aromatic carbocycles. The van der Waals surface area contributed by atoms with E-state index in [0.717, 1.165) is 22.8 Å². The quantitative estimate of drug-likeness (QED) is 0.137. The number of benzene rings is 7. The number of rotatable bonds is 9. The summed E-state index contributed by atoms with van der Waals surface area (Å²) in [6.45, 7) is 12.7. The number of carbonyl (C=O) groups excluding carboxylic acids is 1. The van der Waals surface area contributed by atoms with E-state index in [2.05, 4.69) is 142 Å². The summed E-state index contributed by atoms with van der Waals surface area (Å²) in [7, 11) is 1.67. The van der Waals surface area contributed by atoms with Gasteiger partial charge in [0.2, 0.25) is 0 Å². The van der Waals surface area contributed by atoms with Gasteiger partial charge in [0.1, 0.15) is 5.75 Å². The highest BCUT2D eigenvalue weighted by Crippen LogP contribution is 2.39. The van der Waals surface area contributed by atoms with Crippen molar-refractivity contribution in [1.29, 1.82) is 0 Å². The van der Waals surface area contributed by atoms with Crippen molar-refractivity contribution in [3.8, 4) is 5.75 Å². The number of aryl methyl sites for hydroxylation is 4. The monoisotopic (exact) mass is 779 g/mol. The molecule has 0 radical (unpaired) electrons. The van der Waals surface area contributed by atoms with Gasteiger partial charge in [0.05, 0.1) is 7.11 Å². The zero-order chi connectivity index (χ0) is 42.0. The second-order valence-corrected chi connectivity index (χ2v) is 15.5. The second-order valence-electron chi connectivity index (χ2n) is 15.5. The van der Waals surface area contributed by atoms with Crippen LogP contribution in [0.15, 0.2) is 182 Å². The van der Waals surface area contributed by atoms with Crippen molar-refractivity contribution < 1.29 is 9.53 Å². The Morgan fingerprint density at radius 2 is 0.932 bits per heavy atom. The van der Waals surface area contributed by atoms with Gasteiger partial charge in [-0.1, -0.05) is 176 Å². The standard InChI is InChI=1S/C23H23N.C15H14O.C10H14.C8H10O/c1-18-10-14-22(15-11-18)24(21-8-3-2-4-9-21)23-16-12-20(13-17-23)19-6-5-7-19;1-11-3-7-13(8-4-11)15(16)14-9-5-12(2)6-10-14;1-3-9(2)10-7-5-4-6-8-10;1-7-3-5-8(9-2)6-4-7/h2-4,8-17,19H,5-7H2,1H3;3-10H,1-2H3;4-9H,3H2,1-2H3;3-6H,1-2H3. The van der Waals surface area contributed by atoms with Crippen molar-refractivity contribution in [2.45, 2.75) is 79.1 Å². The fraction of sp³-hybridized carbons (Fsp3) is 0.232. The number of anilines is 3. The zero-order valence-corrected chi connectivity index (χ0v) is 36.1. The molecule has 1 saturated carbocycles. The fourth-order valence-corrected chi connectivity index (χ4v) is 6.62. The highest BCUT2D eigenvalue weighted by atomic mass is 16.5. The fourth-order valence-electron chi connectivity index (χ4n) is 6.62. The zero-order valence-electron chi connectivity index (χ0n) is 36.1. The summed E-state index contributed by atoms with van der Waals surface area (Å²) >= 11 is 0. The lowest BCUT2D eigenvalue weighted by Crippen LogP contribution is -2.11. The van der Waals surface area contributed by atoms with Crippen LogP contribution in [0.25, 0.3) is 0 Å². The summed E-state index contributed by atoms with van der Waals surface area (Å²) in [6, 6.07) is 62.4. The topological polar surface area (TPSA) is 29.5 Å². The van der Waals surface area contributed by atoms with Crippen molar-refractivity contribution >= 4 is 22.8 Å². The number of hydrogen-bond acceptors (Lipinski definition) is 3. The van der Waals surface area contributed by atoms with Crippen LogP contribution in [-0.4, -0.2) is 12.9 Å². The van der Waals surface area contributed by atoms with Gasteiger partial charge in [-0.25, -0.2) is 0 Å². The van der Waals surface area contributed by atoms with E-state index in [0.29, 0.717) is 5.92 Å². The largest absolute Gasteiger partial charge is 0.497 e. The van der Waals surface area contributed by atoms with Crippen LogP contribution in [0.2, 0.25) is 0 Å². The minimum absolute atomic E-state index is 0.0833. The number of nitrogens with zero attached hydrogens (tertiary/aromatic N) is 1. The SMILES string of the molecule is CCC(C)c1ccccc1.COc1ccc(C)cc1.Cc1ccc(C(=O)c2ccc(C)cc2)cc1.Cc1ccc(N(c2ccccc2)c2ccc(C3CCC3)cc2)cc1. The van der Waals surface area contributed by atoms with E-state index in [1.165, 1.54) is 76.1 Å². The molecule has 7 aromatic rings. The Balaban J connectivity index is 0.000000163. The Morgan fingerprint density at radius 3 is 1.34 bits per heavy atom. The smallest absolute Gasteiger partial charge is 0.193 e. The summed E-state index contributed by atoms with van der Waals surface area (Å²) < 4.78 is 4.97. The molecule has 1 aliphatic rings. The first-order chi connectivity index (χ1) is 28.6. The van der Waals surface area contributed by atoms with Crippen LogP contribution < -0.4 is 9.64 Å². The molecule has 1 atom stereocenters. The molecule has 1 aliphatic carbocycles. The van der Waals surface area contributed by atoms with Gasteiger partial charge >= 0.3 is 0 Å². The number of ketones is 1. The molecule has 0 aromatic heterocycles. The van der Waals surface area contributed by atoms with E-state index in [-0.39, 0.29) is 5.78 Å². The number of methoxy groups -OCH3 is 1. The third-order valence-corrected chi connectivity index (χ3v) is 10.9. The molecular weight excluding hydrogens is 719 g/mol. The number of carbonyl (C=O) groups is 1. The van der Waals surface area contributed by atoms with Gasteiger partial charge in [-0.05, 0) is 118 Å². The maximum Gasteiger partial charge on any atom is 0.193 e. The summed E-state index contributed by atoms with van der Waals surface area (Å²) in [5.74, 6) is 2.49. The Labute approximate surface area is 354 Å². The first kappa shape index (κ1) is 43.9. The Bertz CT molecular complexity index is 2190. The lowest BCUT2D eigenvalue weighted by Gasteiger charge is -2.28.